The molecule has 0 unspecified atom stereocenters. The van der Waals surface area contributed by atoms with Crippen LogP contribution in [0.3, 0.4) is 0 Å². The second kappa shape index (κ2) is 5.25. The van der Waals surface area contributed by atoms with E-state index >= 15 is 0 Å². The van der Waals surface area contributed by atoms with E-state index in [1.54, 1.807) is 0 Å². The molecule has 0 saturated heterocycles. The highest BCUT2D eigenvalue weighted by atomic mass is 79.9. The molecular formula is C11H6Br2N4. The zero-order chi connectivity index (χ0) is 12.3. The Balaban J connectivity index is 2.35. The van der Waals surface area contributed by atoms with Crippen molar-refractivity contribution >= 4 is 43.4 Å². The quantitative estimate of drug-likeness (QED) is 0.895. The molecule has 1 N–H and O–H groups in total. The minimum atomic E-state index is 0.266. The number of halogens is 2. The van der Waals surface area contributed by atoms with Gasteiger partial charge in [0.1, 0.15) is 6.07 Å². The Hall–Kier alpha value is -1.45. The Morgan fingerprint density at radius 3 is 2.65 bits per heavy atom. The SMILES string of the molecule is N#Cc1nccnc1Nc1ccc(Br)cc1Br. The Kier molecular flexibility index (Phi) is 3.71. The molecule has 2 aromatic rings. The molecule has 0 atom stereocenters. The fourth-order valence-corrected chi connectivity index (χ4v) is 2.38. The molecule has 0 fully saturated rings. The smallest absolute Gasteiger partial charge is 0.183 e. The van der Waals surface area contributed by atoms with Crippen LogP contribution in [0.1, 0.15) is 5.69 Å². The standard InChI is InChI=1S/C11H6Br2N4/c12-7-1-2-9(8(13)5-7)17-11-10(6-14)15-3-4-16-11/h1-5H,(H,16,17). The first-order valence-corrected chi connectivity index (χ1v) is 6.22. The molecule has 84 valence electrons. The van der Waals surface area contributed by atoms with Crippen molar-refractivity contribution in [1.29, 1.82) is 5.26 Å². The number of nitrogens with one attached hydrogen (secondary N) is 1. The van der Waals surface area contributed by atoms with Gasteiger partial charge < -0.3 is 5.32 Å². The summed E-state index contributed by atoms with van der Waals surface area (Å²) in [5, 5.41) is 12.0. The summed E-state index contributed by atoms with van der Waals surface area (Å²) < 4.78 is 1.84. The van der Waals surface area contributed by atoms with Gasteiger partial charge in [0.05, 0.1) is 5.69 Å². The molecule has 0 bridgehead atoms. The summed E-state index contributed by atoms with van der Waals surface area (Å²) in [4.78, 5) is 8.01. The van der Waals surface area contributed by atoms with E-state index in [9.17, 15) is 0 Å². The van der Waals surface area contributed by atoms with Gasteiger partial charge in [-0.25, -0.2) is 9.97 Å². The number of hydrogen-bond acceptors (Lipinski definition) is 4. The van der Waals surface area contributed by atoms with Gasteiger partial charge in [-0.1, -0.05) is 15.9 Å². The van der Waals surface area contributed by atoms with Crippen molar-refractivity contribution in [1.82, 2.24) is 9.97 Å². The number of anilines is 2. The average Bonchev–Trinajstić information content (AvgIpc) is 2.33. The molecule has 0 spiro atoms. The van der Waals surface area contributed by atoms with E-state index < -0.39 is 0 Å². The molecule has 0 radical (unpaired) electrons. The summed E-state index contributed by atoms with van der Waals surface area (Å²) in [5.74, 6) is 0.443. The third-order valence-electron chi connectivity index (χ3n) is 1.99. The van der Waals surface area contributed by atoms with Gasteiger partial charge in [-0.15, -0.1) is 0 Å². The largest absolute Gasteiger partial charge is 0.337 e. The third-order valence-corrected chi connectivity index (χ3v) is 3.14. The highest BCUT2D eigenvalue weighted by Crippen LogP contribution is 2.28. The number of aromatic nitrogens is 2. The van der Waals surface area contributed by atoms with Crippen LogP contribution in [0.4, 0.5) is 11.5 Å². The molecule has 0 aliphatic carbocycles. The Labute approximate surface area is 115 Å². The van der Waals surface area contributed by atoms with Crippen LogP contribution in [-0.2, 0) is 0 Å². The van der Waals surface area contributed by atoms with Crippen molar-refractivity contribution < 1.29 is 0 Å². The molecule has 6 heteroatoms. The fourth-order valence-electron chi connectivity index (χ4n) is 1.23. The van der Waals surface area contributed by atoms with E-state index in [2.05, 4.69) is 47.1 Å². The van der Waals surface area contributed by atoms with Crippen LogP contribution in [0.15, 0.2) is 39.5 Å². The molecule has 1 heterocycles. The van der Waals surface area contributed by atoms with Crippen LogP contribution in [0.5, 0.6) is 0 Å². The first kappa shape index (κ1) is 12.0. The van der Waals surface area contributed by atoms with Gasteiger partial charge in [-0.3, -0.25) is 0 Å². The summed E-state index contributed by atoms with van der Waals surface area (Å²) >= 11 is 6.80. The first-order chi connectivity index (χ1) is 8.20. The molecule has 17 heavy (non-hydrogen) atoms. The van der Waals surface area contributed by atoms with E-state index in [4.69, 9.17) is 5.26 Å². The molecule has 0 saturated carbocycles. The van der Waals surface area contributed by atoms with Crippen molar-refractivity contribution in [2.45, 2.75) is 0 Å². The second-order valence-electron chi connectivity index (χ2n) is 3.11. The van der Waals surface area contributed by atoms with E-state index in [1.807, 2.05) is 24.3 Å². The highest BCUT2D eigenvalue weighted by molar-refractivity contribution is 9.11. The van der Waals surface area contributed by atoms with Gasteiger partial charge in [-0.2, -0.15) is 5.26 Å². The zero-order valence-electron chi connectivity index (χ0n) is 8.48. The van der Waals surface area contributed by atoms with Gasteiger partial charge in [-0.05, 0) is 34.1 Å². The Morgan fingerprint density at radius 2 is 1.94 bits per heavy atom. The van der Waals surface area contributed by atoms with Crippen LogP contribution in [0.2, 0.25) is 0 Å². The van der Waals surface area contributed by atoms with Crippen LogP contribution < -0.4 is 5.32 Å². The molecule has 1 aromatic carbocycles. The summed E-state index contributed by atoms with van der Waals surface area (Å²) in [6.07, 6.45) is 3.02. The van der Waals surface area contributed by atoms with Gasteiger partial charge >= 0.3 is 0 Å². The Morgan fingerprint density at radius 1 is 1.18 bits per heavy atom. The predicted molar refractivity (Wildman–Crippen MR) is 71.9 cm³/mol. The maximum absolute atomic E-state index is 8.90. The Bertz CT molecular complexity index is 592. The summed E-state index contributed by atoms with van der Waals surface area (Å²) in [7, 11) is 0. The van der Waals surface area contributed by atoms with Crippen molar-refractivity contribution in [2.24, 2.45) is 0 Å². The maximum Gasteiger partial charge on any atom is 0.183 e. The monoisotopic (exact) mass is 352 g/mol. The van der Waals surface area contributed by atoms with E-state index in [0.29, 0.717) is 5.82 Å². The van der Waals surface area contributed by atoms with E-state index in [1.165, 1.54) is 12.4 Å². The van der Waals surface area contributed by atoms with Crippen molar-refractivity contribution in [2.75, 3.05) is 5.32 Å². The van der Waals surface area contributed by atoms with Gasteiger partial charge in [0.2, 0.25) is 0 Å². The summed E-state index contributed by atoms with van der Waals surface area (Å²) in [5.41, 5.74) is 1.09. The molecule has 0 aliphatic heterocycles. The summed E-state index contributed by atoms with van der Waals surface area (Å²) in [6, 6.07) is 7.67. The normalized spacial score (nSPS) is 9.71. The molecular weight excluding hydrogens is 348 g/mol. The van der Waals surface area contributed by atoms with Crippen molar-refractivity contribution in [3.8, 4) is 6.07 Å². The third kappa shape index (κ3) is 2.81. The highest BCUT2D eigenvalue weighted by Gasteiger charge is 2.06. The van der Waals surface area contributed by atoms with Crippen molar-refractivity contribution in [3.63, 3.8) is 0 Å². The van der Waals surface area contributed by atoms with Gasteiger partial charge in [0, 0.05) is 21.3 Å². The first-order valence-electron chi connectivity index (χ1n) is 4.64. The molecule has 4 nitrogen and oxygen atoms in total. The average molecular weight is 354 g/mol. The van der Waals surface area contributed by atoms with E-state index in [-0.39, 0.29) is 5.69 Å². The minimum Gasteiger partial charge on any atom is -0.337 e. The number of hydrogen-bond donors (Lipinski definition) is 1. The zero-order valence-corrected chi connectivity index (χ0v) is 11.7. The second-order valence-corrected chi connectivity index (χ2v) is 4.88. The van der Waals surface area contributed by atoms with Crippen LogP contribution in [0.25, 0.3) is 0 Å². The van der Waals surface area contributed by atoms with Gasteiger partial charge in [0.15, 0.2) is 11.5 Å². The lowest BCUT2D eigenvalue weighted by Crippen LogP contribution is -1.99. The van der Waals surface area contributed by atoms with Crippen molar-refractivity contribution in [3.05, 3.63) is 45.2 Å². The maximum atomic E-state index is 8.90. The van der Waals surface area contributed by atoms with Crippen LogP contribution in [0, 0.1) is 11.3 Å². The number of benzene rings is 1. The fraction of sp³-hybridized carbons (Fsp3) is 0. The van der Waals surface area contributed by atoms with Crippen LogP contribution in [-0.4, -0.2) is 9.97 Å². The predicted octanol–water partition coefficient (Wildman–Crippen LogP) is 3.62. The van der Waals surface area contributed by atoms with Crippen LogP contribution >= 0.6 is 31.9 Å². The lowest BCUT2D eigenvalue weighted by molar-refractivity contribution is 1.16. The molecule has 0 aliphatic rings. The number of rotatable bonds is 2. The lowest BCUT2D eigenvalue weighted by Gasteiger charge is -2.08. The molecule has 1 aromatic heterocycles. The van der Waals surface area contributed by atoms with E-state index in [0.717, 1.165) is 14.6 Å². The lowest BCUT2D eigenvalue weighted by atomic mass is 10.3. The number of nitrogens with zero attached hydrogens (tertiary/aromatic N) is 3. The summed E-state index contributed by atoms with van der Waals surface area (Å²) in [6.45, 7) is 0. The minimum absolute atomic E-state index is 0.266. The topological polar surface area (TPSA) is 61.6 Å². The number of nitriles is 1. The molecule has 2 rings (SSSR count). The molecule has 0 amide bonds. The van der Waals surface area contributed by atoms with Gasteiger partial charge in [0.25, 0.3) is 0 Å².